The van der Waals surface area contributed by atoms with Crippen LogP contribution in [0.1, 0.15) is 12.8 Å². The summed E-state index contributed by atoms with van der Waals surface area (Å²) >= 11 is 0. The minimum atomic E-state index is -0.266. The third kappa shape index (κ3) is 2.52. The Hall–Kier alpha value is -1.93. The Balaban J connectivity index is 1.58. The lowest BCUT2D eigenvalue weighted by molar-refractivity contribution is 0.0932. The molecule has 0 bridgehead atoms. The molecule has 1 unspecified atom stereocenters. The Morgan fingerprint density at radius 2 is 2.38 bits per heavy atom. The van der Waals surface area contributed by atoms with E-state index in [0.29, 0.717) is 24.9 Å². The molecule has 8 heteroatoms. The topological polar surface area (TPSA) is 87.5 Å². The third-order valence-electron chi connectivity index (χ3n) is 4.04. The molecule has 1 saturated carbocycles. The lowest BCUT2D eigenvalue weighted by Crippen LogP contribution is -2.51. The number of aromatic nitrogens is 4. The van der Waals surface area contributed by atoms with Gasteiger partial charge in [0.25, 0.3) is 0 Å². The van der Waals surface area contributed by atoms with Crippen molar-refractivity contribution < 1.29 is 4.74 Å². The predicted octanol–water partition coefficient (Wildman–Crippen LogP) is -0.625. The highest BCUT2D eigenvalue weighted by molar-refractivity contribution is 5.51. The largest absolute Gasteiger partial charge is 0.377 e. The van der Waals surface area contributed by atoms with Crippen molar-refractivity contribution in [3.63, 3.8) is 0 Å². The Bertz CT molecular complexity index is 691. The van der Waals surface area contributed by atoms with Crippen LogP contribution >= 0.6 is 0 Å². The molecule has 112 valence electrons. The number of anilines is 1. The maximum Gasteiger partial charge on any atom is 0.348 e. The number of nitrogens with one attached hydrogen (secondary N) is 2. The summed E-state index contributed by atoms with van der Waals surface area (Å²) in [6, 6.07) is 2.78. The molecule has 1 aliphatic heterocycles. The molecule has 3 heterocycles. The van der Waals surface area contributed by atoms with Crippen molar-refractivity contribution in [3.05, 3.63) is 22.9 Å². The van der Waals surface area contributed by atoms with Crippen LogP contribution in [0.3, 0.4) is 0 Å². The molecule has 1 aliphatic carbocycles. The number of aromatic amines is 1. The van der Waals surface area contributed by atoms with Crippen molar-refractivity contribution in [2.24, 2.45) is 0 Å². The SMILES string of the molecule is O=c1[nH]nc2cc(N3CCOCC3CNC3CC3)ncn12. The van der Waals surface area contributed by atoms with Crippen LogP contribution in [-0.2, 0) is 4.74 Å². The molecule has 0 aromatic carbocycles. The summed E-state index contributed by atoms with van der Waals surface area (Å²) in [5.74, 6) is 0.840. The van der Waals surface area contributed by atoms with E-state index in [1.54, 1.807) is 0 Å². The monoisotopic (exact) mass is 290 g/mol. The molecule has 0 radical (unpaired) electrons. The number of nitrogens with zero attached hydrogens (tertiary/aromatic N) is 4. The van der Waals surface area contributed by atoms with Gasteiger partial charge in [-0.15, -0.1) is 0 Å². The van der Waals surface area contributed by atoms with Crippen molar-refractivity contribution in [2.75, 3.05) is 31.2 Å². The number of hydrogen-bond donors (Lipinski definition) is 2. The molecule has 8 nitrogen and oxygen atoms in total. The van der Waals surface area contributed by atoms with Gasteiger partial charge in [-0.1, -0.05) is 0 Å². The van der Waals surface area contributed by atoms with Gasteiger partial charge in [0.2, 0.25) is 0 Å². The standard InChI is InChI=1S/C13H18N6O2/c20-13-17-16-12-5-11(15-8-19(12)13)18-3-4-21-7-10(18)6-14-9-1-2-9/h5,8-10,14H,1-4,6-7H2,(H,17,20). The van der Waals surface area contributed by atoms with Crippen LogP contribution in [0.5, 0.6) is 0 Å². The zero-order valence-electron chi connectivity index (χ0n) is 11.7. The molecule has 2 aromatic rings. The minimum absolute atomic E-state index is 0.264. The average molecular weight is 290 g/mol. The van der Waals surface area contributed by atoms with Crippen molar-refractivity contribution in [2.45, 2.75) is 24.9 Å². The quantitative estimate of drug-likeness (QED) is 0.780. The van der Waals surface area contributed by atoms with Crippen LogP contribution in [-0.4, -0.2) is 58.0 Å². The molecule has 0 amide bonds. The highest BCUT2D eigenvalue weighted by Crippen LogP contribution is 2.21. The van der Waals surface area contributed by atoms with E-state index in [2.05, 4.69) is 25.4 Å². The van der Waals surface area contributed by atoms with Gasteiger partial charge in [0.15, 0.2) is 5.65 Å². The first-order valence-electron chi connectivity index (χ1n) is 7.32. The summed E-state index contributed by atoms with van der Waals surface area (Å²) < 4.78 is 7.00. The molecule has 1 atom stereocenters. The van der Waals surface area contributed by atoms with Gasteiger partial charge in [0, 0.05) is 25.2 Å². The number of hydrogen-bond acceptors (Lipinski definition) is 6. The molecule has 0 spiro atoms. The van der Waals surface area contributed by atoms with Crippen molar-refractivity contribution in [1.82, 2.24) is 24.9 Å². The van der Waals surface area contributed by atoms with Crippen LogP contribution in [0.25, 0.3) is 5.65 Å². The zero-order valence-corrected chi connectivity index (χ0v) is 11.7. The van der Waals surface area contributed by atoms with Crippen LogP contribution in [0.4, 0.5) is 5.82 Å². The molecule has 2 aromatic heterocycles. The summed E-state index contributed by atoms with van der Waals surface area (Å²) in [4.78, 5) is 18.1. The summed E-state index contributed by atoms with van der Waals surface area (Å²) in [5.41, 5.74) is 0.323. The zero-order chi connectivity index (χ0) is 14.2. The minimum Gasteiger partial charge on any atom is -0.377 e. The fourth-order valence-electron chi connectivity index (χ4n) is 2.67. The van der Waals surface area contributed by atoms with Gasteiger partial charge in [-0.05, 0) is 12.8 Å². The molecule has 4 rings (SSSR count). The summed E-state index contributed by atoms with van der Waals surface area (Å²) in [7, 11) is 0. The predicted molar refractivity (Wildman–Crippen MR) is 76.6 cm³/mol. The van der Waals surface area contributed by atoms with Crippen LogP contribution in [0.15, 0.2) is 17.2 Å². The molecule has 2 N–H and O–H groups in total. The van der Waals surface area contributed by atoms with Crippen LogP contribution in [0.2, 0.25) is 0 Å². The van der Waals surface area contributed by atoms with Crippen molar-refractivity contribution in [1.29, 1.82) is 0 Å². The second-order valence-electron chi connectivity index (χ2n) is 5.61. The smallest absolute Gasteiger partial charge is 0.348 e. The van der Waals surface area contributed by atoms with E-state index in [0.717, 1.165) is 18.9 Å². The summed E-state index contributed by atoms with van der Waals surface area (Å²) in [5, 5.41) is 9.96. The molecule has 2 fully saturated rings. The van der Waals surface area contributed by atoms with E-state index < -0.39 is 0 Å². The van der Waals surface area contributed by atoms with Gasteiger partial charge in [0.1, 0.15) is 12.1 Å². The first kappa shape index (κ1) is 12.8. The van der Waals surface area contributed by atoms with Crippen LogP contribution < -0.4 is 15.9 Å². The van der Waals surface area contributed by atoms with Crippen LogP contribution in [0, 0.1) is 0 Å². The highest BCUT2D eigenvalue weighted by atomic mass is 16.5. The first-order valence-corrected chi connectivity index (χ1v) is 7.32. The number of morpholine rings is 1. The normalized spacial score (nSPS) is 22.9. The lowest BCUT2D eigenvalue weighted by atomic mass is 10.2. The first-order chi connectivity index (χ1) is 10.3. The van der Waals surface area contributed by atoms with E-state index in [1.165, 1.54) is 23.6 Å². The Morgan fingerprint density at radius 3 is 3.24 bits per heavy atom. The van der Waals surface area contributed by atoms with Gasteiger partial charge < -0.3 is 15.0 Å². The third-order valence-corrected chi connectivity index (χ3v) is 4.04. The number of rotatable bonds is 4. The maximum atomic E-state index is 11.5. The second-order valence-corrected chi connectivity index (χ2v) is 5.61. The Kier molecular flexibility index (Phi) is 3.12. The fourth-order valence-corrected chi connectivity index (χ4v) is 2.67. The molecule has 21 heavy (non-hydrogen) atoms. The van der Waals surface area contributed by atoms with E-state index in [9.17, 15) is 4.79 Å². The summed E-state index contributed by atoms with van der Waals surface area (Å²) in [6.07, 6.45) is 4.07. The van der Waals surface area contributed by atoms with Gasteiger partial charge >= 0.3 is 5.69 Å². The van der Waals surface area contributed by atoms with Gasteiger partial charge in [-0.25, -0.2) is 19.3 Å². The van der Waals surface area contributed by atoms with E-state index in [-0.39, 0.29) is 11.7 Å². The van der Waals surface area contributed by atoms with Gasteiger partial charge in [-0.2, -0.15) is 5.10 Å². The number of fused-ring (bicyclic) bond motifs is 1. The summed E-state index contributed by atoms with van der Waals surface area (Å²) in [6.45, 7) is 3.08. The second kappa shape index (κ2) is 5.12. The van der Waals surface area contributed by atoms with E-state index in [4.69, 9.17) is 4.74 Å². The Labute approximate surface area is 121 Å². The highest BCUT2D eigenvalue weighted by Gasteiger charge is 2.27. The van der Waals surface area contributed by atoms with Crippen molar-refractivity contribution in [3.8, 4) is 0 Å². The lowest BCUT2D eigenvalue weighted by Gasteiger charge is -2.36. The number of H-pyrrole nitrogens is 1. The molecule has 2 aliphatic rings. The molecular weight excluding hydrogens is 272 g/mol. The Morgan fingerprint density at radius 1 is 1.48 bits per heavy atom. The van der Waals surface area contributed by atoms with Gasteiger partial charge in [-0.3, -0.25) is 0 Å². The molecule has 1 saturated heterocycles. The molecular formula is C13H18N6O2. The maximum absolute atomic E-state index is 11.5. The van der Waals surface area contributed by atoms with E-state index in [1.807, 2.05) is 6.07 Å². The number of ether oxygens (including phenoxy) is 1. The average Bonchev–Trinajstić information content (AvgIpc) is 3.28. The van der Waals surface area contributed by atoms with Crippen molar-refractivity contribution >= 4 is 11.5 Å². The van der Waals surface area contributed by atoms with Gasteiger partial charge in [0.05, 0.1) is 19.3 Å². The van der Waals surface area contributed by atoms with E-state index >= 15 is 0 Å². The fraction of sp³-hybridized carbons (Fsp3) is 0.615.